The summed E-state index contributed by atoms with van der Waals surface area (Å²) in [5.41, 5.74) is 4.14. The number of carbonyl (C=O) groups excluding carboxylic acids is 2. The zero-order valence-corrected chi connectivity index (χ0v) is 18.4. The third-order valence-electron chi connectivity index (χ3n) is 5.77. The number of H-pyrrole nitrogens is 1. The molecule has 2 aromatic heterocycles. The lowest BCUT2D eigenvalue weighted by molar-refractivity contribution is -0.145. The normalized spacial score (nSPS) is 11.9. The van der Waals surface area contributed by atoms with Crippen LogP contribution in [0.2, 0.25) is 0 Å². The number of fused-ring (bicyclic) bond motifs is 3. The molecule has 6 heteroatoms. The Bertz CT molecular complexity index is 1460. The summed E-state index contributed by atoms with van der Waals surface area (Å²) in [4.78, 5) is 32.4. The third kappa shape index (κ3) is 4.52. The highest BCUT2D eigenvalue weighted by atomic mass is 16.5. The maximum atomic E-state index is 13.2. The quantitative estimate of drug-likeness (QED) is 0.248. The second-order valence-electron chi connectivity index (χ2n) is 8.11. The van der Waals surface area contributed by atoms with Gasteiger partial charge in [0.25, 0.3) is 0 Å². The summed E-state index contributed by atoms with van der Waals surface area (Å²) in [5.74, 6) is 0.178. The van der Waals surface area contributed by atoms with E-state index in [-0.39, 0.29) is 6.61 Å². The molecule has 6 nitrogen and oxygen atoms in total. The molecule has 0 unspecified atom stereocenters. The van der Waals surface area contributed by atoms with Crippen molar-refractivity contribution in [2.24, 2.45) is 0 Å². The Labute approximate surface area is 196 Å². The van der Waals surface area contributed by atoms with Crippen LogP contribution in [0.3, 0.4) is 0 Å². The third-order valence-corrected chi connectivity index (χ3v) is 5.77. The molecule has 0 radical (unpaired) electrons. The number of pyridine rings is 1. The predicted molar refractivity (Wildman–Crippen MR) is 133 cm³/mol. The van der Waals surface area contributed by atoms with Crippen LogP contribution in [0.15, 0.2) is 91.1 Å². The van der Waals surface area contributed by atoms with Crippen molar-refractivity contribution in [3.8, 4) is 0 Å². The Kier molecular flexibility index (Phi) is 6.03. The van der Waals surface area contributed by atoms with Gasteiger partial charge >= 0.3 is 5.97 Å². The molecule has 2 N–H and O–H groups in total. The molecule has 0 saturated heterocycles. The van der Waals surface area contributed by atoms with Crippen LogP contribution in [0.25, 0.3) is 21.8 Å². The minimum absolute atomic E-state index is 0.177. The second-order valence-corrected chi connectivity index (χ2v) is 8.11. The van der Waals surface area contributed by atoms with Gasteiger partial charge in [-0.1, -0.05) is 66.7 Å². The average Bonchev–Trinajstić information content (AvgIpc) is 3.27. The number of para-hydroxylation sites is 1. The summed E-state index contributed by atoms with van der Waals surface area (Å²) < 4.78 is 5.65. The molecule has 0 fully saturated rings. The van der Waals surface area contributed by atoms with Gasteiger partial charge in [-0.05, 0) is 29.3 Å². The molecule has 34 heavy (non-hydrogen) atoms. The predicted octanol–water partition coefficient (Wildman–Crippen LogP) is 5.30. The fourth-order valence-corrected chi connectivity index (χ4v) is 4.10. The maximum Gasteiger partial charge on any atom is 0.329 e. The first kappa shape index (κ1) is 21.4. The SMILES string of the molecule is O=Cc1cccc(C[C@H](Nc2nccc3c2[nH]c2ccccc23)C(=O)OCc2ccccc2)c1. The highest BCUT2D eigenvalue weighted by molar-refractivity contribution is 6.10. The molecule has 3 aromatic carbocycles. The number of hydrogen-bond donors (Lipinski definition) is 2. The van der Waals surface area contributed by atoms with Crippen molar-refractivity contribution in [3.63, 3.8) is 0 Å². The van der Waals surface area contributed by atoms with Gasteiger partial charge in [-0.2, -0.15) is 0 Å². The van der Waals surface area contributed by atoms with Gasteiger partial charge in [-0.3, -0.25) is 4.79 Å². The van der Waals surface area contributed by atoms with Crippen LogP contribution in [-0.4, -0.2) is 28.3 Å². The molecule has 0 saturated carbocycles. The number of nitrogens with zero attached hydrogens (tertiary/aromatic N) is 1. The van der Waals surface area contributed by atoms with Gasteiger partial charge in [-0.25, -0.2) is 9.78 Å². The molecule has 168 valence electrons. The minimum Gasteiger partial charge on any atom is -0.459 e. The van der Waals surface area contributed by atoms with Crippen molar-refractivity contribution in [1.82, 2.24) is 9.97 Å². The van der Waals surface area contributed by atoms with Gasteiger partial charge in [0.15, 0.2) is 5.82 Å². The van der Waals surface area contributed by atoms with Crippen LogP contribution in [0.1, 0.15) is 21.5 Å². The number of rotatable bonds is 8. The van der Waals surface area contributed by atoms with Crippen LogP contribution in [0.5, 0.6) is 0 Å². The van der Waals surface area contributed by atoms with E-state index in [2.05, 4.69) is 21.4 Å². The lowest BCUT2D eigenvalue weighted by atomic mass is 10.0. The summed E-state index contributed by atoms with van der Waals surface area (Å²) in [6.45, 7) is 0.177. The molecule has 0 bridgehead atoms. The topological polar surface area (TPSA) is 84.1 Å². The lowest BCUT2D eigenvalue weighted by Gasteiger charge is -2.19. The number of hydrogen-bond acceptors (Lipinski definition) is 5. The zero-order chi connectivity index (χ0) is 23.3. The van der Waals surface area contributed by atoms with E-state index in [1.807, 2.05) is 66.7 Å². The van der Waals surface area contributed by atoms with Gasteiger partial charge in [0, 0.05) is 34.5 Å². The van der Waals surface area contributed by atoms with E-state index >= 15 is 0 Å². The first-order valence-electron chi connectivity index (χ1n) is 11.1. The Balaban J connectivity index is 1.46. The Hall–Kier alpha value is -4.45. The smallest absolute Gasteiger partial charge is 0.329 e. The average molecular weight is 450 g/mol. The van der Waals surface area contributed by atoms with Crippen molar-refractivity contribution in [2.75, 3.05) is 5.32 Å². The molecule has 0 spiro atoms. The Morgan fingerprint density at radius 2 is 1.74 bits per heavy atom. The first-order chi connectivity index (χ1) is 16.7. The van der Waals surface area contributed by atoms with E-state index in [0.29, 0.717) is 17.8 Å². The number of aromatic amines is 1. The molecule has 0 aliphatic heterocycles. The maximum absolute atomic E-state index is 13.2. The Morgan fingerprint density at radius 3 is 2.59 bits per heavy atom. The summed E-state index contributed by atoms with van der Waals surface area (Å²) in [7, 11) is 0. The summed E-state index contributed by atoms with van der Waals surface area (Å²) in [6.07, 6.45) is 2.87. The standard InChI is InChI=1S/C28H23N3O3/c32-17-21-10-6-9-20(15-21)16-25(28(33)34-18-19-7-2-1-3-8-19)31-27-26-23(13-14-29-27)22-11-4-5-12-24(22)30-26/h1-15,17,25,30H,16,18H2,(H,29,31)/t25-/m0/s1. The highest BCUT2D eigenvalue weighted by Crippen LogP contribution is 2.29. The molecule has 5 rings (SSSR count). The fourth-order valence-electron chi connectivity index (χ4n) is 4.10. The number of esters is 1. The summed E-state index contributed by atoms with van der Waals surface area (Å²) >= 11 is 0. The van der Waals surface area contributed by atoms with E-state index in [0.717, 1.165) is 39.2 Å². The molecule has 2 heterocycles. The Morgan fingerprint density at radius 1 is 0.941 bits per heavy atom. The van der Waals surface area contributed by atoms with E-state index in [1.165, 1.54) is 0 Å². The molecular formula is C28H23N3O3. The van der Waals surface area contributed by atoms with Crippen molar-refractivity contribution >= 4 is 39.9 Å². The van der Waals surface area contributed by atoms with Crippen LogP contribution in [0, 0.1) is 0 Å². The van der Waals surface area contributed by atoms with Crippen molar-refractivity contribution in [3.05, 3.63) is 108 Å². The van der Waals surface area contributed by atoms with Gasteiger partial charge in [0.05, 0.1) is 5.52 Å². The van der Waals surface area contributed by atoms with Gasteiger partial charge in [0.2, 0.25) is 0 Å². The summed E-state index contributed by atoms with van der Waals surface area (Å²) in [5, 5.41) is 5.41. The molecule has 0 amide bonds. The monoisotopic (exact) mass is 449 g/mol. The molecule has 0 aliphatic rings. The lowest BCUT2D eigenvalue weighted by Crippen LogP contribution is -2.34. The van der Waals surface area contributed by atoms with Crippen LogP contribution >= 0.6 is 0 Å². The molecule has 1 atom stereocenters. The first-order valence-corrected chi connectivity index (χ1v) is 11.1. The number of carbonyl (C=O) groups is 2. The van der Waals surface area contributed by atoms with Crippen LogP contribution in [-0.2, 0) is 22.6 Å². The van der Waals surface area contributed by atoms with Crippen molar-refractivity contribution in [1.29, 1.82) is 0 Å². The van der Waals surface area contributed by atoms with E-state index in [9.17, 15) is 9.59 Å². The number of aromatic nitrogens is 2. The molecule has 0 aliphatic carbocycles. The zero-order valence-electron chi connectivity index (χ0n) is 18.4. The van der Waals surface area contributed by atoms with E-state index < -0.39 is 12.0 Å². The van der Waals surface area contributed by atoms with E-state index in [1.54, 1.807) is 18.3 Å². The second kappa shape index (κ2) is 9.58. The van der Waals surface area contributed by atoms with E-state index in [4.69, 9.17) is 4.74 Å². The summed E-state index contributed by atoms with van der Waals surface area (Å²) in [6, 6.07) is 26.1. The number of nitrogens with one attached hydrogen (secondary N) is 2. The number of aldehydes is 1. The van der Waals surface area contributed by atoms with Crippen LogP contribution in [0.4, 0.5) is 5.82 Å². The largest absolute Gasteiger partial charge is 0.459 e. The van der Waals surface area contributed by atoms with Crippen molar-refractivity contribution < 1.29 is 14.3 Å². The number of anilines is 1. The number of benzene rings is 3. The minimum atomic E-state index is -0.699. The van der Waals surface area contributed by atoms with Gasteiger partial charge in [0.1, 0.15) is 18.9 Å². The van der Waals surface area contributed by atoms with Crippen LogP contribution < -0.4 is 5.32 Å². The molecule has 5 aromatic rings. The van der Waals surface area contributed by atoms with Gasteiger partial charge in [-0.15, -0.1) is 0 Å². The number of ether oxygens (including phenoxy) is 1. The van der Waals surface area contributed by atoms with Gasteiger partial charge < -0.3 is 15.0 Å². The highest BCUT2D eigenvalue weighted by Gasteiger charge is 2.23. The van der Waals surface area contributed by atoms with Crippen molar-refractivity contribution in [2.45, 2.75) is 19.1 Å². The fraction of sp³-hybridized carbons (Fsp3) is 0.107. The molecular weight excluding hydrogens is 426 g/mol.